The topological polar surface area (TPSA) is 67.9 Å². The third kappa shape index (κ3) is 5.41. The van der Waals surface area contributed by atoms with Crippen molar-refractivity contribution in [3.8, 4) is 11.5 Å². The van der Waals surface area contributed by atoms with Gasteiger partial charge in [0.2, 0.25) is 5.91 Å². The number of carbonyl (C=O) groups excluding carboxylic acids is 2. The van der Waals surface area contributed by atoms with E-state index in [-0.39, 0.29) is 24.5 Å². The summed E-state index contributed by atoms with van der Waals surface area (Å²) in [6, 6.07) is 13.2. The average molecular weight is 408 g/mol. The maximum absolute atomic E-state index is 12.5. The van der Waals surface area contributed by atoms with Gasteiger partial charge in [0.15, 0.2) is 6.61 Å². The molecule has 1 atom stereocenters. The van der Waals surface area contributed by atoms with Gasteiger partial charge in [0.25, 0.3) is 5.91 Å². The van der Waals surface area contributed by atoms with Gasteiger partial charge in [-0.1, -0.05) is 31.2 Å². The highest BCUT2D eigenvalue weighted by Crippen LogP contribution is 2.28. The van der Waals surface area contributed by atoms with Crippen molar-refractivity contribution in [2.75, 3.05) is 27.3 Å². The van der Waals surface area contributed by atoms with Crippen molar-refractivity contribution >= 4 is 17.9 Å². The van der Waals surface area contributed by atoms with Crippen LogP contribution in [0.2, 0.25) is 0 Å². The summed E-state index contributed by atoms with van der Waals surface area (Å²) in [6.45, 7) is 2.66. The van der Waals surface area contributed by atoms with Crippen molar-refractivity contribution in [3.63, 3.8) is 0 Å². The quantitative estimate of drug-likeness (QED) is 0.680. The van der Waals surface area contributed by atoms with Crippen LogP contribution in [0.5, 0.6) is 11.5 Å². The second kappa shape index (κ2) is 9.96. The number of fused-ring (bicyclic) bond motifs is 1. The van der Waals surface area contributed by atoms with Gasteiger partial charge in [-0.2, -0.15) is 0 Å². The number of likely N-dealkylation sites (N-methyl/N-ethyl adjacent to an activating group) is 1. The molecule has 2 aromatic rings. The van der Waals surface area contributed by atoms with Gasteiger partial charge in [0.1, 0.15) is 11.5 Å². The molecular formula is C24H28N2O4. The number of carbonyl (C=O) groups is 2. The van der Waals surface area contributed by atoms with Gasteiger partial charge in [-0.05, 0) is 41.8 Å². The highest BCUT2D eigenvalue weighted by Gasteiger charge is 2.17. The zero-order valence-electron chi connectivity index (χ0n) is 17.7. The first-order valence-corrected chi connectivity index (χ1v) is 10.1. The largest absolute Gasteiger partial charge is 0.493 e. The molecule has 2 aromatic carbocycles. The maximum atomic E-state index is 12.5. The zero-order chi connectivity index (χ0) is 21.5. The molecule has 0 bridgehead atoms. The molecule has 1 aliphatic rings. The van der Waals surface area contributed by atoms with Crippen LogP contribution in [-0.4, -0.2) is 44.0 Å². The summed E-state index contributed by atoms with van der Waals surface area (Å²) in [5.41, 5.74) is 2.98. The van der Waals surface area contributed by atoms with Gasteiger partial charge in [-0.25, -0.2) is 0 Å². The number of hydrogen-bond donors (Lipinski definition) is 1. The van der Waals surface area contributed by atoms with E-state index in [4.69, 9.17) is 9.47 Å². The molecule has 0 aliphatic carbocycles. The molecule has 1 unspecified atom stereocenters. The standard InChI is InChI=1S/C24H28N2O4/c1-4-20(19-7-5-6-8-22(19)30-16-24(28)26(2)3)25-23(27)12-10-17-9-11-21-18(15-17)13-14-29-21/h5-12,15,20H,4,13-14,16H2,1-3H3,(H,25,27)/b12-10+. The molecule has 0 radical (unpaired) electrons. The van der Waals surface area contributed by atoms with Gasteiger partial charge >= 0.3 is 0 Å². The molecular weight excluding hydrogens is 380 g/mol. The smallest absolute Gasteiger partial charge is 0.259 e. The van der Waals surface area contributed by atoms with Gasteiger partial charge in [-0.3, -0.25) is 9.59 Å². The van der Waals surface area contributed by atoms with Crippen LogP contribution in [0.1, 0.15) is 36.1 Å². The van der Waals surface area contributed by atoms with Crippen LogP contribution in [0.3, 0.4) is 0 Å². The van der Waals surface area contributed by atoms with E-state index in [1.807, 2.05) is 49.4 Å². The Morgan fingerprint density at radius 2 is 2.03 bits per heavy atom. The second-order valence-electron chi connectivity index (χ2n) is 7.38. The summed E-state index contributed by atoms with van der Waals surface area (Å²) in [6.07, 6.45) is 4.93. The van der Waals surface area contributed by atoms with Crippen molar-refractivity contribution in [1.82, 2.24) is 10.2 Å². The minimum atomic E-state index is -0.221. The fourth-order valence-corrected chi connectivity index (χ4v) is 3.27. The van der Waals surface area contributed by atoms with Crippen molar-refractivity contribution < 1.29 is 19.1 Å². The summed E-state index contributed by atoms with van der Waals surface area (Å²) >= 11 is 0. The first kappa shape index (κ1) is 21.4. The molecule has 6 nitrogen and oxygen atoms in total. The SMILES string of the molecule is CCC(NC(=O)/C=C/c1ccc2c(c1)CCO2)c1ccccc1OCC(=O)N(C)C. The molecule has 0 fully saturated rings. The Morgan fingerprint density at radius 3 is 2.80 bits per heavy atom. The monoisotopic (exact) mass is 408 g/mol. The van der Waals surface area contributed by atoms with E-state index in [0.717, 1.165) is 23.3 Å². The summed E-state index contributed by atoms with van der Waals surface area (Å²) in [4.78, 5) is 25.9. The Morgan fingerprint density at radius 1 is 1.23 bits per heavy atom. The van der Waals surface area contributed by atoms with E-state index in [0.29, 0.717) is 18.8 Å². The van der Waals surface area contributed by atoms with Crippen LogP contribution < -0.4 is 14.8 Å². The Hall–Kier alpha value is -3.28. The Labute approximate surface area is 177 Å². The number of para-hydroxylation sites is 1. The number of ether oxygens (including phenoxy) is 2. The lowest BCUT2D eigenvalue weighted by Gasteiger charge is -2.20. The molecule has 1 aliphatic heterocycles. The van der Waals surface area contributed by atoms with Crippen molar-refractivity contribution in [1.29, 1.82) is 0 Å². The first-order chi connectivity index (χ1) is 14.5. The number of amides is 2. The minimum absolute atomic E-state index is 0.0453. The number of benzene rings is 2. The second-order valence-corrected chi connectivity index (χ2v) is 7.38. The highest BCUT2D eigenvalue weighted by molar-refractivity contribution is 5.92. The lowest BCUT2D eigenvalue weighted by atomic mass is 10.0. The van der Waals surface area contributed by atoms with Gasteiger partial charge in [-0.15, -0.1) is 0 Å². The first-order valence-electron chi connectivity index (χ1n) is 10.1. The molecule has 3 rings (SSSR count). The molecule has 0 aromatic heterocycles. The fraction of sp³-hybridized carbons (Fsp3) is 0.333. The van der Waals surface area contributed by atoms with E-state index < -0.39 is 0 Å². The van der Waals surface area contributed by atoms with Gasteiger partial charge in [0.05, 0.1) is 12.6 Å². The Bertz CT molecular complexity index is 937. The predicted octanol–water partition coefficient (Wildman–Crippen LogP) is 3.37. The Balaban J connectivity index is 1.66. The predicted molar refractivity (Wildman–Crippen MR) is 116 cm³/mol. The summed E-state index contributed by atoms with van der Waals surface area (Å²) < 4.78 is 11.2. The van der Waals surface area contributed by atoms with Crippen LogP contribution in [0.25, 0.3) is 6.08 Å². The summed E-state index contributed by atoms with van der Waals surface area (Å²) in [7, 11) is 3.38. The highest BCUT2D eigenvalue weighted by atomic mass is 16.5. The molecule has 30 heavy (non-hydrogen) atoms. The molecule has 6 heteroatoms. The van der Waals surface area contributed by atoms with E-state index in [2.05, 4.69) is 5.32 Å². The third-order valence-corrected chi connectivity index (χ3v) is 5.01. The van der Waals surface area contributed by atoms with Crippen LogP contribution in [0.4, 0.5) is 0 Å². The van der Waals surface area contributed by atoms with E-state index in [1.165, 1.54) is 10.5 Å². The summed E-state index contributed by atoms with van der Waals surface area (Å²) in [5.74, 6) is 1.22. The average Bonchev–Trinajstić information content (AvgIpc) is 3.22. The molecule has 1 heterocycles. The number of rotatable bonds is 8. The van der Waals surface area contributed by atoms with E-state index in [9.17, 15) is 9.59 Å². The Kier molecular flexibility index (Phi) is 7.12. The lowest BCUT2D eigenvalue weighted by Crippen LogP contribution is -2.29. The van der Waals surface area contributed by atoms with Crippen LogP contribution in [0, 0.1) is 0 Å². The fourth-order valence-electron chi connectivity index (χ4n) is 3.27. The van der Waals surface area contributed by atoms with Gasteiger partial charge < -0.3 is 19.7 Å². The lowest BCUT2D eigenvalue weighted by molar-refractivity contribution is -0.130. The van der Waals surface area contributed by atoms with E-state index in [1.54, 1.807) is 26.2 Å². The van der Waals surface area contributed by atoms with Gasteiger partial charge in [0, 0.05) is 32.2 Å². The number of nitrogens with one attached hydrogen (secondary N) is 1. The van der Waals surface area contributed by atoms with E-state index >= 15 is 0 Å². The maximum Gasteiger partial charge on any atom is 0.259 e. The summed E-state index contributed by atoms with van der Waals surface area (Å²) in [5, 5.41) is 3.03. The molecule has 0 saturated heterocycles. The van der Waals surface area contributed by atoms with Crippen LogP contribution >= 0.6 is 0 Å². The number of hydrogen-bond acceptors (Lipinski definition) is 4. The molecule has 158 valence electrons. The number of nitrogens with zero attached hydrogens (tertiary/aromatic N) is 1. The minimum Gasteiger partial charge on any atom is -0.493 e. The molecule has 2 amide bonds. The molecule has 1 N–H and O–H groups in total. The van der Waals surface area contributed by atoms with Crippen LogP contribution in [-0.2, 0) is 16.0 Å². The van der Waals surface area contributed by atoms with Crippen LogP contribution in [0.15, 0.2) is 48.5 Å². The van der Waals surface area contributed by atoms with Crippen molar-refractivity contribution in [2.45, 2.75) is 25.8 Å². The third-order valence-electron chi connectivity index (χ3n) is 5.01. The van der Waals surface area contributed by atoms with Crippen molar-refractivity contribution in [2.24, 2.45) is 0 Å². The molecule has 0 saturated carbocycles. The zero-order valence-corrected chi connectivity index (χ0v) is 17.7. The normalized spacial score (nSPS) is 13.4. The van der Waals surface area contributed by atoms with Crippen molar-refractivity contribution in [3.05, 3.63) is 65.2 Å². The molecule has 0 spiro atoms.